The number of hydrogen-bond donors (Lipinski definition) is 0. The minimum absolute atomic E-state index is 0.567. The Hall–Kier alpha value is -6.44. The van der Waals surface area contributed by atoms with Crippen molar-refractivity contribution in [3.8, 4) is 45.4 Å². The molecule has 0 bridgehead atoms. The van der Waals surface area contributed by atoms with E-state index in [-0.39, 0.29) is 0 Å². The quantitative estimate of drug-likeness (QED) is 0.177. The van der Waals surface area contributed by atoms with Crippen LogP contribution in [-0.4, -0.2) is 29.9 Å². The largest absolute Gasteiger partial charge is 0.255 e. The third kappa shape index (κ3) is 4.63. The van der Waals surface area contributed by atoms with Crippen molar-refractivity contribution >= 4 is 64.2 Å². The lowest BCUT2D eigenvalue weighted by molar-refractivity contribution is 1.08. The smallest absolute Gasteiger partial charge is 0.166 e. The van der Waals surface area contributed by atoms with Gasteiger partial charge in [-0.05, 0) is 36.4 Å². The van der Waals surface area contributed by atoms with Gasteiger partial charge in [-0.3, -0.25) is 9.97 Å². The summed E-state index contributed by atoms with van der Waals surface area (Å²) in [5.41, 5.74) is 6.98. The van der Waals surface area contributed by atoms with E-state index < -0.39 is 0 Å². The van der Waals surface area contributed by atoms with Gasteiger partial charge in [0.15, 0.2) is 17.5 Å². The van der Waals surface area contributed by atoms with Gasteiger partial charge in [-0.15, -0.1) is 11.3 Å². The van der Waals surface area contributed by atoms with Crippen molar-refractivity contribution in [1.29, 1.82) is 0 Å². The van der Waals surface area contributed by atoms with E-state index in [1.807, 2.05) is 48.8 Å². The highest BCUT2D eigenvalue weighted by Gasteiger charge is 2.19. The van der Waals surface area contributed by atoms with Crippen LogP contribution in [0.4, 0.5) is 0 Å². The maximum Gasteiger partial charge on any atom is 0.166 e. The van der Waals surface area contributed by atoms with E-state index in [0.29, 0.717) is 17.5 Å². The third-order valence-electron chi connectivity index (χ3n) is 9.02. The number of thiophene rings is 1. The highest BCUT2D eigenvalue weighted by atomic mass is 32.1. The first-order valence-corrected chi connectivity index (χ1v) is 16.8. The van der Waals surface area contributed by atoms with Crippen LogP contribution in [0, 0.1) is 0 Å². The molecule has 0 atom stereocenters. The summed E-state index contributed by atoms with van der Waals surface area (Å²) in [5.74, 6) is 1.74. The molecule has 0 aliphatic heterocycles. The molecule has 0 unspecified atom stereocenters. The number of rotatable bonds is 4. The van der Waals surface area contributed by atoms with Gasteiger partial charge >= 0.3 is 0 Å². The Bertz CT molecular complexity index is 2910. The van der Waals surface area contributed by atoms with Crippen molar-refractivity contribution in [2.24, 2.45) is 0 Å². The Kier molecular flexibility index (Phi) is 6.25. The molecule has 5 aromatic heterocycles. The Balaban J connectivity index is 1.20. The van der Waals surface area contributed by atoms with Gasteiger partial charge < -0.3 is 0 Å². The second-order valence-corrected chi connectivity index (χ2v) is 13.0. The maximum absolute atomic E-state index is 5.17. The van der Waals surface area contributed by atoms with Crippen molar-refractivity contribution in [2.45, 2.75) is 0 Å². The van der Waals surface area contributed by atoms with E-state index in [2.05, 4.69) is 102 Å². The van der Waals surface area contributed by atoms with Crippen LogP contribution in [0.15, 0.2) is 146 Å². The molecule has 6 nitrogen and oxygen atoms in total. The molecule has 0 N–H and O–H groups in total. The van der Waals surface area contributed by atoms with Gasteiger partial charge in [0.2, 0.25) is 0 Å². The lowest BCUT2D eigenvalue weighted by Gasteiger charge is -2.13. The molecule has 5 aromatic carbocycles. The predicted octanol–water partition coefficient (Wildman–Crippen LogP) is 10.6. The fourth-order valence-electron chi connectivity index (χ4n) is 6.67. The molecule has 7 heteroatoms. The SMILES string of the molecule is c1ccc(-c2nc(-c3ccc4c(c3)sc3ccccc34)nc(-c3cccc4cccnc34)n2)c(-c2ccc3ccc4cccnc4c3n2)c1. The van der Waals surface area contributed by atoms with Gasteiger partial charge in [0.25, 0.3) is 0 Å². The topological polar surface area (TPSA) is 77.3 Å². The fourth-order valence-corrected chi connectivity index (χ4v) is 7.82. The monoisotopic (exact) mass is 644 g/mol. The van der Waals surface area contributed by atoms with Crippen molar-refractivity contribution in [1.82, 2.24) is 29.9 Å². The van der Waals surface area contributed by atoms with Crippen LogP contribution in [0.1, 0.15) is 0 Å². The van der Waals surface area contributed by atoms with Crippen molar-refractivity contribution in [2.75, 3.05) is 0 Å². The van der Waals surface area contributed by atoms with Gasteiger partial charge in [-0.2, -0.15) is 0 Å². The van der Waals surface area contributed by atoms with Gasteiger partial charge in [-0.1, -0.05) is 97.1 Å². The number of benzene rings is 5. The van der Waals surface area contributed by atoms with Crippen molar-refractivity contribution in [3.63, 3.8) is 0 Å². The summed E-state index contributed by atoms with van der Waals surface area (Å²) in [5, 5.41) is 5.60. The summed E-state index contributed by atoms with van der Waals surface area (Å²) in [6.07, 6.45) is 3.62. The number of fused-ring (bicyclic) bond motifs is 7. The van der Waals surface area contributed by atoms with Crippen molar-refractivity contribution in [3.05, 3.63) is 146 Å². The van der Waals surface area contributed by atoms with Crippen LogP contribution in [0.5, 0.6) is 0 Å². The molecule has 10 rings (SSSR count). The second-order valence-electron chi connectivity index (χ2n) is 12.0. The lowest BCUT2D eigenvalue weighted by Crippen LogP contribution is -2.02. The zero-order valence-corrected chi connectivity index (χ0v) is 26.8. The van der Waals surface area contributed by atoms with Crippen LogP contribution in [-0.2, 0) is 0 Å². The summed E-state index contributed by atoms with van der Waals surface area (Å²) in [7, 11) is 0. The normalized spacial score (nSPS) is 11.7. The van der Waals surface area contributed by atoms with E-state index >= 15 is 0 Å². The molecular formula is C42H24N6S. The summed E-state index contributed by atoms with van der Waals surface area (Å²) >= 11 is 1.78. The molecule has 49 heavy (non-hydrogen) atoms. The van der Waals surface area contributed by atoms with Crippen LogP contribution < -0.4 is 0 Å². The standard InChI is InChI=1S/C42H24N6S/c1-2-13-32(29(11-1)34-21-19-27-17-16-26-10-7-23-44-38(26)39(27)45-34)41-46-40(28-18-20-31-30-12-3-4-15-35(30)49-36(31)24-28)47-42(48-41)33-14-5-8-25-9-6-22-43-37(25)33/h1-24H. The molecule has 0 saturated carbocycles. The number of para-hydroxylation sites is 1. The zero-order chi connectivity index (χ0) is 32.3. The Labute approximate surface area is 284 Å². The summed E-state index contributed by atoms with van der Waals surface area (Å²) in [6.45, 7) is 0. The lowest BCUT2D eigenvalue weighted by atomic mass is 10.0. The molecule has 0 aliphatic rings. The van der Waals surface area contributed by atoms with E-state index in [9.17, 15) is 0 Å². The molecule has 0 radical (unpaired) electrons. The minimum atomic E-state index is 0.567. The average molecular weight is 645 g/mol. The van der Waals surface area contributed by atoms with E-state index in [1.54, 1.807) is 11.3 Å². The number of hydrogen-bond acceptors (Lipinski definition) is 7. The summed E-state index contributed by atoms with van der Waals surface area (Å²) in [6, 6.07) is 45.7. The van der Waals surface area contributed by atoms with E-state index in [0.717, 1.165) is 60.7 Å². The molecule has 228 valence electrons. The Morgan fingerprint density at radius 2 is 1.02 bits per heavy atom. The number of aromatic nitrogens is 6. The predicted molar refractivity (Wildman–Crippen MR) is 200 cm³/mol. The Morgan fingerprint density at radius 1 is 0.388 bits per heavy atom. The number of nitrogens with zero attached hydrogens (tertiary/aromatic N) is 6. The van der Waals surface area contributed by atoms with Gasteiger partial charge in [0.05, 0.1) is 22.2 Å². The van der Waals surface area contributed by atoms with E-state index in [1.165, 1.54) is 20.2 Å². The molecule has 0 saturated heterocycles. The molecule has 10 aromatic rings. The van der Waals surface area contributed by atoms with Gasteiger partial charge in [0.1, 0.15) is 0 Å². The number of pyridine rings is 3. The summed E-state index contributed by atoms with van der Waals surface area (Å²) in [4.78, 5) is 30.0. The first-order valence-electron chi connectivity index (χ1n) is 16.0. The molecule has 0 spiro atoms. The molecule has 0 fully saturated rings. The molecule has 0 aliphatic carbocycles. The maximum atomic E-state index is 5.17. The molecule has 5 heterocycles. The summed E-state index contributed by atoms with van der Waals surface area (Å²) < 4.78 is 2.45. The fraction of sp³-hybridized carbons (Fsp3) is 0. The van der Waals surface area contributed by atoms with Gasteiger partial charge in [-0.25, -0.2) is 19.9 Å². The molecular weight excluding hydrogens is 621 g/mol. The highest BCUT2D eigenvalue weighted by Crippen LogP contribution is 2.38. The average Bonchev–Trinajstić information content (AvgIpc) is 3.55. The van der Waals surface area contributed by atoms with Crippen LogP contribution in [0.25, 0.3) is 98.3 Å². The van der Waals surface area contributed by atoms with E-state index in [4.69, 9.17) is 24.9 Å². The first-order chi connectivity index (χ1) is 24.3. The van der Waals surface area contributed by atoms with Crippen LogP contribution in [0.3, 0.4) is 0 Å². The molecule has 0 amide bonds. The highest BCUT2D eigenvalue weighted by molar-refractivity contribution is 7.25. The van der Waals surface area contributed by atoms with Crippen molar-refractivity contribution < 1.29 is 0 Å². The minimum Gasteiger partial charge on any atom is -0.255 e. The first kappa shape index (κ1) is 27.7. The zero-order valence-electron chi connectivity index (χ0n) is 25.9. The Morgan fingerprint density at radius 3 is 1.90 bits per heavy atom. The van der Waals surface area contributed by atoms with Crippen LogP contribution in [0.2, 0.25) is 0 Å². The van der Waals surface area contributed by atoms with Crippen LogP contribution >= 0.6 is 11.3 Å². The third-order valence-corrected chi connectivity index (χ3v) is 10.2. The van der Waals surface area contributed by atoms with Gasteiger partial charge in [0, 0.05) is 71.0 Å². The second kappa shape index (κ2) is 11.1.